The van der Waals surface area contributed by atoms with E-state index in [1.54, 1.807) is 0 Å². The Morgan fingerprint density at radius 2 is 1.87 bits per heavy atom. The van der Waals surface area contributed by atoms with E-state index in [-0.39, 0.29) is 17.9 Å². The van der Waals surface area contributed by atoms with Gasteiger partial charge in [0.15, 0.2) is 0 Å². The number of piperidine rings is 1. The fraction of sp³-hybridized carbons (Fsp3) is 0.611. The van der Waals surface area contributed by atoms with Crippen molar-refractivity contribution in [2.24, 2.45) is 5.92 Å². The third kappa shape index (κ3) is 5.94. The number of aliphatic hydroxyl groups is 1. The highest BCUT2D eigenvalue weighted by Gasteiger charge is 2.16. The number of likely N-dealkylation sites (tertiary alicyclic amines) is 1. The van der Waals surface area contributed by atoms with Gasteiger partial charge in [0.2, 0.25) is 5.91 Å². The summed E-state index contributed by atoms with van der Waals surface area (Å²) < 4.78 is 0. The predicted molar refractivity (Wildman–Crippen MR) is 91.9 cm³/mol. The molecule has 0 aliphatic carbocycles. The van der Waals surface area contributed by atoms with Crippen molar-refractivity contribution in [3.05, 3.63) is 35.4 Å². The quantitative estimate of drug-likeness (QED) is 0.705. The fourth-order valence-corrected chi connectivity index (χ4v) is 2.86. The molecule has 23 heavy (non-hydrogen) atoms. The molecule has 2 rings (SSSR count). The third-order valence-corrected chi connectivity index (χ3v) is 4.41. The Bertz CT molecular complexity index is 482. The van der Waals surface area contributed by atoms with E-state index in [4.69, 9.17) is 0 Å². The van der Waals surface area contributed by atoms with Crippen LogP contribution in [0.5, 0.6) is 0 Å². The first-order valence-corrected chi connectivity index (χ1v) is 8.49. The highest BCUT2D eigenvalue weighted by Crippen LogP contribution is 2.14. The first-order chi connectivity index (χ1) is 11.1. The summed E-state index contributed by atoms with van der Waals surface area (Å²) in [5, 5.41) is 15.5. The molecule has 1 heterocycles. The fourth-order valence-electron chi connectivity index (χ4n) is 2.86. The normalized spacial score (nSPS) is 17.9. The highest BCUT2D eigenvalue weighted by molar-refractivity contribution is 5.78. The van der Waals surface area contributed by atoms with E-state index in [0.29, 0.717) is 13.1 Å². The molecule has 128 valence electrons. The molecule has 1 unspecified atom stereocenters. The van der Waals surface area contributed by atoms with Crippen LogP contribution in [0.15, 0.2) is 24.3 Å². The Morgan fingerprint density at radius 1 is 1.26 bits per heavy atom. The molecular weight excluding hydrogens is 290 g/mol. The van der Waals surface area contributed by atoms with Crippen LogP contribution in [0.1, 0.15) is 30.9 Å². The zero-order valence-electron chi connectivity index (χ0n) is 14.2. The van der Waals surface area contributed by atoms with E-state index in [9.17, 15) is 9.90 Å². The molecule has 1 atom stereocenters. The van der Waals surface area contributed by atoms with Crippen LogP contribution in [0.25, 0.3) is 0 Å². The Hall–Kier alpha value is -1.43. The minimum absolute atomic E-state index is 0.0197. The lowest BCUT2D eigenvalue weighted by molar-refractivity contribution is -0.124. The maximum Gasteiger partial charge on any atom is 0.224 e. The molecule has 0 spiro atoms. The Balaban J connectivity index is 1.77. The van der Waals surface area contributed by atoms with Crippen LogP contribution in [-0.2, 0) is 17.9 Å². The van der Waals surface area contributed by atoms with Gasteiger partial charge in [0.1, 0.15) is 0 Å². The van der Waals surface area contributed by atoms with Gasteiger partial charge in [-0.3, -0.25) is 9.69 Å². The smallest absolute Gasteiger partial charge is 0.224 e. The molecule has 1 aliphatic rings. The van der Waals surface area contributed by atoms with Gasteiger partial charge in [0.05, 0.1) is 6.10 Å². The molecule has 1 aromatic carbocycles. The van der Waals surface area contributed by atoms with Crippen molar-refractivity contribution in [3.8, 4) is 0 Å². The van der Waals surface area contributed by atoms with Gasteiger partial charge in [-0.25, -0.2) is 0 Å². The Morgan fingerprint density at radius 3 is 2.48 bits per heavy atom. The van der Waals surface area contributed by atoms with Gasteiger partial charge in [-0.2, -0.15) is 0 Å². The number of rotatable bonds is 7. The summed E-state index contributed by atoms with van der Waals surface area (Å²) in [5.41, 5.74) is 2.40. The molecule has 1 amide bonds. The van der Waals surface area contributed by atoms with E-state index in [1.165, 1.54) is 5.56 Å². The third-order valence-electron chi connectivity index (χ3n) is 4.41. The van der Waals surface area contributed by atoms with Gasteiger partial charge in [-0.15, -0.1) is 0 Å². The largest absolute Gasteiger partial charge is 0.393 e. The van der Waals surface area contributed by atoms with Crippen LogP contribution in [0, 0.1) is 5.92 Å². The summed E-state index contributed by atoms with van der Waals surface area (Å²) in [5.74, 6) is 0.0593. The van der Waals surface area contributed by atoms with Crippen molar-refractivity contribution < 1.29 is 9.90 Å². The second-order valence-corrected chi connectivity index (χ2v) is 6.50. The van der Waals surface area contributed by atoms with Gasteiger partial charge in [-0.1, -0.05) is 31.2 Å². The number of benzene rings is 1. The Kier molecular flexibility index (Phi) is 7.02. The number of carbonyl (C=O) groups is 1. The number of hydrogen-bond donors (Lipinski definition) is 3. The summed E-state index contributed by atoms with van der Waals surface area (Å²) in [4.78, 5) is 14.3. The molecule has 1 fully saturated rings. The van der Waals surface area contributed by atoms with Gasteiger partial charge in [0, 0.05) is 38.6 Å². The summed E-state index contributed by atoms with van der Waals surface area (Å²) in [6, 6.07) is 8.42. The maximum atomic E-state index is 11.9. The van der Waals surface area contributed by atoms with Gasteiger partial charge in [-0.05, 0) is 31.0 Å². The maximum absolute atomic E-state index is 11.9. The number of nitrogens with one attached hydrogen (secondary N) is 2. The summed E-state index contributed by atoms with van der Waals surface area (Å²) >= 11 is 0. The van der Waals surface area contributed by atoms with E-state index >= 15 is 0 Å². The minimum Gasteiger partial charge on any atom is -0.393 e. The first kappa shape index (κ1) is 17.9. The number of hydrogen-bond acceptors (Lipinski definition) is 4. The molecule has 0 aromatic heterocycles. The van der Waals surface area contributed by atoms with Crippen molar-refractivity contribution in [3.63, 3.8) is 0 Å². The van der Waals surface area contributed by atoms with Crippen LogP contribution in [0.3, 0.4) is 0 Å². The van der Waals surface area contributed by atoms with Crippen LogP contribution < -0.4 is 10.6 Å². The van der Waals surface area contributed by atoms with E-state index < -0.39 is 0 Å². The summed E-state index contributed by atoms with van der Waals surface area (Å²) in [6.07, 6.45) is 1.62. The number of carbonyl (C=O) groups excluding carboxylic acids is 1. The molecule has 1 saturated heterocycles. The minimum atomic E-state index is -0.123. The molecule has 0 bridgehead atoms. The van der Waals surface area contributed by atoms with Crippen LogP contribution >= 0.6 is 0 Å². The standard InChI is InChI=1S/C18H29N3O2/c1-14(11-19-2)18(23)20-12-15-3-5-16(6-4-15)13-21-9-7-17(22)8-10-21/h3-6,14,17,19,22H,7-13H2,1-2H3,(H,20,23). The lowest BCUT2D eigenvalue weighted by Gasteiger charge is -2.29. The number of aliphatic hydroxyl groups excluding tert-OH is 1. The van der Waals surface area contributed by atoms with Gasteiger partial charge in [0.25, 0.3) is 0 Å². The molecule has 0 saturated carbocycles. The van der Waals surface area contributed by atoms with Gasteiger partial charge < -0.3 is 15.7 Å². The molecule has 5 heteroatoms. The first-order valence-electron chi connectivity index (χ1n) is 8.49. The van der Waals surface area contributed by atoms with Crippen LogP contribution in [-0.4, -0.2) is 48.7 Å². The van der Waals surface area contributed by atoms with Crippen molar-refractivity contribution in [2.75, 3.05) is 26.7 Å². The van der Waals surface area contributed by atoms with E-state index in [0.717, 1.165) is 38.0 Å². The van der Waals surface area contributed by atoms with Crippen molar-refractivity contribution in [2.45, 2.75) is 39.0 Å². The average Bonchev–Trinajstić information content (AvgIpc) is 2.56. The molecule has 5 nitrogen and oxygen atoms in total. The van der Waals surface area contributed by atoms with Gasteiger partial charge >= 0.3 is 0 Å². The molecule has 1 aromatic rings. The zero-order valence-corrected chi connectivity index (χ0v) is 14.2. The summed E-state index contributed by atoms with van der Waals surface area (Å²) in [6.45, 7) is 6.03. The molecule has 1 aliphatic heterocycles. The molecule has 0 radical (unpaired) electrons. The SMILES string of the molecule is CNCC(C)C(=O)NCc1ccc(CN2CCC(O)CC2)cc1. The predicted octanol–water partition coefficient (Wildman–Crippen LogP) is 1.12. The van der Waals surface area contributed by atoms with E-state index in [2.05, 4.69) is 39.8 Å². The van der Waals surface area contributed by atoms with Crippen LogP contribution in [0.4, 0.5) is 0 Å². The lowest BCUT2D eigenvalue weighted by atomic mass is 10.1. The zero-order chi connectivity index (χ0) is 16.7. The lowest BCUT2D eigenvalue weighted by Crippen LogP contribution is -2.35. The molecular formula is C18H29N3O2. The monoisotopic (exact) mass is 319 g/mol. The second kappa shape index (κ2) is 9.01. The Labute approximate surface area is 139 Å². The van der Waals surface area contributed by atoms with Crippen molar-refractivity contribution in [1.29, 1.82) is 0 Å². The number of amides is 1. The highest BCUT2D eigenvalue weighted by atomic mass is 16.3. The average molecular weight is 319 g/mol. The topological polar surface area (TPSA) is 64.6 Å². The van der Waals surface area contributed by atoms with E-state index in [1.807, 2.05) is 14.0 Å². The van der Waals surface area contributed by atoms with Crippen molar-refractivity contribution >= 4 is 5.91 Å². The molecule has 3 N–H and O–H groups in total. The number of nitrogens with zero attached hydrogens (tertiary/aromatic N) is 1. The van der Waals surface area contributed by atoms with Crippen LogP contribution in [0.2, 0.25) is 0 Å². The second-order valence-electron chi connectivity index (χ2n) is 6.50. The van der Waals surface area contributed by atoms with Crippen molar-refractivity contribution in [1.82, 2.24) is 15.5 Å². The summed E-state index contributed by atoms with van der Waals surface area (Å²) in [7, 11) is 1.85.